The van der Waals surface area contributed by atoms with E-state index in [1.807, 2.05) is 0 Å². The maximum Gasteiger partial charge on any atom is 0 e. The van der Waals surface area contributed by atoms with E-state index in [1.165, 1.54) is 0 Å². The van der Waals surface area contributed by atoms with Gasteiger partial charge in [0.05, 0.1) is 0 Å². The van der Waals surface area contributed by atoms with Gasteiger partial charge >= 0.3 is 0 Å². The van der Waals surface area contributed by atoms with Crippen LogP contribution in [0.1, 0.15) is 0 Å². The van der Waals surface area contributed by atoms with Crippen molar-refractivity contribution in [3.63, 3.8) is 0 Å². The van der Waals surface area contributed by atoms with Gasteiger partial charge in [0.25, 0.3) is 0 Å². The van der Waals surface area contributed by atoms with Crippen LogP contribution in [0.2, 0.25) is 0 Å². The Bertz CT molecular complexity index is 6.04. The van der Waals surface area contributed by atoms with Crippen LogP contribution in [0.15, 0.2) is 0 Å². The Morgan fingerprint density at radius 3 is 0.286 bits per heavy atom. The summed E-state index contributed by atoms with van der Waals surface area (Å²) in [5.74, 6) is 0. The van der Waals surface area contributed by atoms with Crippen LogP contribution in [0.25, 0.3) is 0 Å². The quantitative estimate of drug-likeness (QED) is 0.432. The Kier molecular flexibility index (Phi) is 456. The van der Waals surface area contributed by atoms with Crippen molar-refractivity contribution >= 4 is 0 Å². The van der Waals surface area contributed by atoms with Crippen molar-refractivity contribution < 1.29 is 135 Å². The second-order valence-electron chi connectivity index (χ2n) is 0. The molecule has 0 unspecified atom stereocenters. The molecule has 0 N–H and O–H groups in total. The summed E-state index contributed by atoms with van der Waals surface area (Å²) in [5, 5.41) is 0. The summed E-state index contributed by atoms with van der Waals surface area (Å²) in [5.41, 5.74) is 0. The summed E-state index contributed by atoms with van der Waals surface area (Å²) in [4.78, 5) is 0. The van der Waals surface area contributed by atoms with Gasteiger partial charge in [-0.25, -0.2) is 0 Å². The van der Waals surface area contributed by atoms with Crippen molar-refractivity contribution in [3.05, 3.63) is 0 Å². The zero-order valence-electron chi connectivity index (χ0n) is 2.58. The molecule has 0 aliphatic heterocycles. The SMILES string of the molecule is [Ni].[Ni].[Ni].[Ni].[Ni].[Zr].[Zr]. The van der Waals surface area contributed by atoms with E-state index < -0.39 is 0 Å². The van der Waals surface area contributed by atoms with Gasteiger partial charge in [-0.2, -0.15) is 0 Å². The van der Waals surface area contributed by atoms with Gasteiger partial charge in [0.1, 0.15) is 0 Å². The van der Waals surface area contributed by atoms with E-state index >= 15 is 0 Å². The third kappa shape index (κ3) is 38.7. The third-order valence-electron chi connectivity index (χ3n) is 0. The summed E-state index contributed by atoms with van der Waals surface area (Å²) in [6.07, 6.45) is 0. The van der Waals surface area contributed by atoms with Gasteiger partial charge in [-0.05, 0) is 0 Å². The fourth-order valence-corrected chi connectivity index (χ4v) is 0. The largest absolute Gasteiger partial charge is 0 e. The molecule has 0 atom stereocenters. The van der Waals surface area contributed by atoms with Crippen LogP contribution >= 0.6 is 0 Å². The van der Waals surface area contributed by atoms with Gasteiger partial charge in [-0.1, -0.05) is 0 Å². The van der Waals surface area contributed by atoms with Gasteiger partial charge < -0.3 is 0 Å². The van der Waals surface area contributed by atoms with Crippen molar-refractivity contribution in [1.82, 2.24) is 0 Å². The van der Waals surface area contributed by atoms with Crippen molar-refractivity contribution in [2.75, 3.05) is 0 Å². The fourth-order valence-electron chi connectivity index (χ4n) is 0. The molecule has 0 aliphatic rings. The third-order valence-corrected chi connectivity index (χ3v) is 0. The fraction of sp³-hybridized carbons (Fsp3) is 0. The summed E-state index contributed by atoms with van der Waals surface area (Å²) in [6, 6.07) is 0. The van der Waals surface area contributed by atoms with Crippen molar-refractivity contribution in [1.29, 1.82) is 0 Å². The Hall–Kier alpha value is 4.23. The second-order valence-corrected chi connectivity index (χ2v) is 0. The normalized spacial score (nSPS) is 0. The van der Waals surface area contributed by atoms with E-state index in [0.717, 1.165) is 0 Å². The summed E-state index contributed by atoms with van der Waals surface area (Å²) in [7, 11) is 0. The number of rotatable bonds is 0. The Labute approximate surface area is 132 Å². The number of hydrogen-bond donors (Lipinski definition) is 0. The minimum absolute atomic E-state index is 0. The molecule has 0 rings (SSSR count). The molecule has 0 aromatic heterocycles. The Morgan fingerprint density at radius 1 is 0.286 bits per heavy atom. The molecule has 0 saturated heterocycles. The Balaban J connectivity index is 0. The maximum atomic E-state index is 0. The van der Waals surface area contributed by atoms with Gasteiger partial charge in [0.2, 0.25) is 0 Å². The first-order valence-electron chi connectivity index (χ1n) is 0. The molecule has 7 heteroatoms. The zero-order valence-corrected chi connectivity index (χ0v) is 12.4. The average molecular weight is 476 g/mol. The molecule has 0 amide bonds. The van der Waals surface area contributed by atoms with Crippen molar-refractivity contribution in [2.45, 2.75) is 0 Å². The second kappa shape index (κ2) is 48.7. The minimum Gasteiger partial charge on any atom is 0 e. The van der Waals surface area contributed by atoms with E-state index in [9.17, 15) is 0 Å². The topological polar surface area (TPSA) is 0 Å². The molecule has 0 aliphatic carbocycles. The molecule has 0 spiro atoms. The average Bonchev–Trinajstić information content (AvgIpc) is 0. The Morgan fingerprint density at radius 2 is 0.286 bits per heavy atom. The van der Waals surface area contributed by atoms with Crippen molar-refractivity contribution in [3.8, 4) is 0 Å². The maximum absolute atomic E-state index is 0. The summed E-state index contributed by atoms with van der Waals surface area (Å²) >= 11 is 0. The minimum atomic E-state index is 0. The predicted octanol–water partition coefficient (Wildman–Crippen LogP) is -0.0175. The molecule has 0 aromatic rings. The molecule has 0 heterocycles. The first kappa shape index (κ1) is 65.6. The molecule has 0 nitrogen and oxygen atoms in total. The van der Waals surface area contributed by atoms with Gasteiger partial charge in [-0.3, -0.25) is 0 Å². The van der Waals surface area contributed by atoms with Gasteiger partial charge in [0, 0.05) is 135 Å². The predicted molar refractivity (Wildman–Crippen MR) is 0 cm³/mol. The van der Waals surface area contributed by atoms with Crippen LogP contribution in [-0.4, -0.2) is 0 Å². The van der Waals surface area contributed by atoms with Gasteiger partial charge in [-0.15, -0.1) is 0 Å². The van der Waals surface area contributed by atoms with E-state index in [1.54, 1.807) is 0 Å². The summed E-state index contributed by atoms with van der Waals surface area (Å²) in [6.45, 7) is 0. The van der Waals surface area contributed by atoms with E-state index in [0.29, 0.717) is 0 Å². The van der Waals surface area contributed by atoms with Crippen LogP contribution in [-0.2, 0) is 135 Å². The molecule has 0 bridgehead atoms. The summed E-state index contributed by atoms with van der Waals surface area (Å²) < 4.78 is 0. The first-order valence-corrected chi connectivity index (χ1v) is 0. The molecule has 0 fully saturated rings. The van der Waals surface area contributed by atoms with E-state index in [-0.39, 0.29) is 135 Å². The van der Waals surface area contributed by atoms with E-state index in [4.69, 9.17) is 0 Å². The first-order chi connectivity index (χ1) is 0. The smallest absolute Gasteiger partial charge is 0 e. The monoisotopic (exact) mass is 469 g/mol. The van der Waals surface area contributed by atoms with Crippen LogP contribution in [0.3, 0.4) is 0 Å². The molecule has 0 aromatic carbocycles. The standard InChI is InChI=1S/5Ni.2Zr. The molecular weight excluding hydrogens is 476 g/mol. The zero-order chi connectivity index (χ0) is 0. The van der Waals surface area contributed by atoms with Crippen LogP contribution in [0, 0.1) is 0 Å². The van der Waals surface area contributed by atoms with Crippen molar-refractivity contribution in [2.24, 2.45) is 0 Å². The van der Waals surface area contributed by atoms with Crippen LogP contribution in [0.5, 0.6) is 0 Å². The van der Waals surface area contributed by atoms with Gasteiger partial charge in [0.15, 0.2) is 0 Å². The molecule has 7 heavy (non-hydrogen) atoms. The molecule has 0 radical (unpaired) electrons. The van der Waals surface area contributed by atoms with Crippen LogP contribution < -0.4 is 0 Å². The number of hydrogen-bond acceptors (Lipinski definition) is 0. The molecule has 0 saturated carbocycles. The molecule has 58 valence electrons. The molecular formula is Ni5Zr2. The van der Waals surface area contributed by atoms with E-state index in [2.05, 4.69) is 0 Å². The van der Waals surface area contributed by atoms with Crippen LogP contribution in [0.4, 0.5) is 0 Å².